The van der Waals surface area contributed by atoms with E-state index in [4.69, 9.17) is 4.42 Å². The van der Waals surface area contributed by atoms with Gasteiger partial charge >= 0.3 is 0 Å². The molecule has 1 aromatic carbocycles. The first kappa shape index (κ1) is 13.2. The molecule has 0 fully saturated rings. The van der Waals surface area contributed by atoms with Crippen LogP contribution in [0, 0.1) is 5.82 Å². The highest BCUT2D eigenvalue weighted by atomic mass is 79.9. The molecule has 1 N–H and O–H groups in total. The SMILES string of the molecule is CC(C)NCc1ncc(-c2c(F)cccc2Br)o1. The minimum Gasteiger partial charge on any atom is -0.439 e. The van der Waals surface area contributed by atoms with Crippen LogP contribution in [0.4, 0.5) is 4.39 Å². The Balaban J connectivity index is 2.24. The smallest absolute Gasteiger partial charge is 0.208 e. The lowest BCUT2D eigenvalue weighted by Crippen LogP contribution is -2.21. The van der Waals surface area contributed by atoms with Crippen molar-refractivity contribution in [3.05, 3.63) is 40.6 Å². The van der Waals surface area contributed by atoms with Crippen LogP contribution in [0.1, 0.15) is 19.7 Å². The van der Waals surface area contributed by atoms with Crippen molar-refractivity contribution in [2.24, 2.45) is 0 Å². The van der Waals surface area contributed by atoms with Crippen LogP contribution in [-0.2, 0) is 6.54 Å². The molecule has 0 saturated carbocycles. The molecule has 0 bridgehead atoms. The lowest BCUT2D eigenvalue weighted by atomic mass is 10.2. The zero-order valence-corrected chi connectivity index (χ0v) is 11.8. The minimum absolute atomic E-state index is 0.330. The quantitative estimate of drug-likeness (QED) is 0.934. The van der Waals surface area contributed by atoms with Crippen LogP contribution in [-0.4, -0.2) is 11.0 Å². The molecule has 18 heavy (non-hydrogen) atoms. The van der Waals surface area contributed by atoms with E-state index in [0.29, 0.717) is 34.3 Å². The van der Waals surface area contributed by atoms with E-state index in [2.05, 4.69) is 26.2 Å². The Morgan fingerprint density at radius 3 is 2.89 bits per heavy atom. The van der Waals surface area contributed by atoms with E-state index < -0.39 is 0 Å². The maximum atomic E-state index is 13.7. The molecule has 0 unspecified atom stereocenters. The average Bonchev–Trinajstić information content (AvgIpc) is 2.75. The first-order chi connectivity index (χ1) is 8.58. The molecule has 5 heteroatoms. The zero-order valence-electron chi connectivity index (χ0n) is 10.2. The van der Waals surface area contributed by atoms with Crippen molar-refractivity contribution >= 4 is 15.9 Å². The molecule has 3 nitrogen and oxygen atoms in total. The summed E-state index contributed by atoms with van der Waals surface area (Å²) in [6, 6.07) is 5.16. The van der Waals surface area contributed by atoms with Crippen LogP contribution in [0.5, 0.6) is 0 Å². The van der Waals surface area contributed by atoms with Gasteiger partial charge in [-0.3, -0.25) is 0 Å². The Morgan fingerprint density at radius 2 is 2.22 bits per heavy atom. The molecule has 2 aromatic rings. The van der Waals surface area contributed by atoms with Gasteiger partial charge in [-0.25, -0.2) is 9.37 Å². The molecule has 1 aromatic heterocycles. The summed E-state index contributed by atoms with van der Waals surface area (Å²) in [5.41, 5.74) is 0.404. The molecule has 1 heterocycles. The van der Waals surface area contributed by atoms with E-state index >= 15 is 0 Å². The molecular weight excluding hydrogens is 299 g/mol. The van der Waals surface area contributed by atoms with Crippen molar-refractivity contribution in [2.75, 3.05) is 0 Å². The number of nitrogens with one attached hydrogen (secondary N) is 1. The van der Waals surface area contributed by atoms with E-state index in [1.165, 1.54) is 6.07 Å². The molecule has 2 rings (SSSR count). The van der Waals surface area contributed by atoms with Crippen LogP contribution in [0.3, 0.4) is 0 Å². The molecule has 0 atom stereocenters. The van der Waals surface area contributed by atoms with Crippen molar-refractivity contribution in [1.29, 1.82) is 0 Å². The van der Waals surface area contributed by atoms with Crippen molar-refractivity contribution in [1.82, 2.24) is 10.3 Å². The Kier molecular flexibility index (Phi) is 4.14. The first-order valence-electron chi connectivity index (χ1n) is 5.70. The van der Waals surface area contributed by atoms with E-state index in [9.17, 15) is 4.39 Å². The Bertz CT molecular complexity index is 519. The first-order valence-corrected chi connectivity index (χ1v) is 6.49. The number of hydrogen-bond acceptors (Lipinski definition) is 3. The molecular formula is C13H14BrFN2O. The predicted molar refractivity (Wildman–Crippen MR) is 71.6 cm³/mol. The summed E-state index contributed by atoms with van der Waals surface area (Å²) >= 11 is 3.31. The second-order valence-electron chi connectivity index (χ2n) is 4.25. The van der Waals surface area contributed by atoms with Gasteiger partial charge in [0.1, 0.15) is 5.82 Å². The van der Waals surface area contributed by atoms with Crippen LogP contribution < -0.4 is 5.32 Å². The van der Waals surface area contributed by atoms with Gasteiger partial charge in [0.05, 0.1) is 18.3 Å². The third-order valence-electron chi connectivity index (χ3n) is 2.42. The number of halogens is 2. The number of aromatic nitrogens is 1. The van der Waals surface area contributed by atoms with E-state index in [-0.39, 0.29) is 5.82 Å². The summed E-state index contributed by atoms with van der Waals surface area (Å²) in [6.07, 6.45) is 1.54. The highest BCUT2D eigenvalue weighted by Crippen LogP contribution is 2.31. The summed E-state index contributed by atoms with van der Waals surface area (Å²) in [5, 5.41) is 3.19. The number of oxazole rings is 1. The van der Waals surface area contributed by atoms with E-state index in [1.54, 1.807) is 18.3 Å². The Morgan fingerprint density at radius 1 is 1.44 bits per heavy atom. The maximum Gasteiger partial charge on any atom is 0.208 e. The van der Waals surface area contributed by atoms with Gasteiger partial charge in [0.2, 0.25) is 5.89 Å². The van der Waals surface area contributed by atoms with Gasteiger partial charge in [-0.05, 0) is 28.1 Å². The molecule has 96 valence electrons. The second kappa shape index (κ2) is 5.63. The fourth-order valence-electron chi connectivity index (χ4n) is 1.53. The van der Waals surface area contributed by atoms with Gasteiger partial charge in [-0.15, -0.1) is 0 Å². The monoisotopic (exact) mass is 312 g/mol. The van der Waals surface area contributed by atoms with E-state index in [0.717, 1.165) is 0 Å². The fourth-order valence-corrected chi connectivity index (χ4v) is 2.07. The van der Waals surface area contributed by atoms with Crippen LogP contribution in [0.2, 0.25) is 0 Å². The lowest BCUT2D eigenvalue weighted by Gasteiger charge is -2.04. The number of nitrogens with zero attached hydrogens (tertiary/aromatic N) is 1. The maximum absolute atomic E-state index is 13.7. The Labute approximate surface area is 114 Å². The summed E-state index contributed by atoms with van der Waals surface area (Å²) in [4.78, 5) is 4.13. The highest BCUT2D eigenvalue weighted by Gasteiger charge is 2.14. The largest absolute Gasteiger partial charge is 0.439 e. The van der Waals surface area contributed by atoms with Gasteiger partial charge in [-0.2, -0.15) is 0 Å². The van der Waals surface area contributed by atoms with Crippen LogP contribution >= 0.6 is 15.9 Å². The lowest BCUT2D eigenvalue weighted by molar-refractivity contribution is 0.457. The summed E-state index contributed by atoms with van der Waals surface area (Å²) in [6.45, 7) is 4.61. The van der Waals surface area contributed by atoms with Crippen molar-refractivity contribution < 1.29 is 8.81 Å². The average molecular weight is 313 g/mol. The zero-order chi connectivity index (χ0) is 13.1. The molecule has 0 radical (unpaired) electrons. The molecule has 0 saturated heterocycles. The molecule has 0 aliphatic heterocycles. The van der Waals surface area contributed by atoms with Gasteiger partial charge in [0.15, 0.2) is 5.76 Å². The van der Waals surface area contributed by atoms with Gasteiger partial charge < -0.3 is 9.73 Å². The molecule has 0 aliphatic rings. The fraction of sp³-hybridized carbons (Fsp3) is 0.308. The van der Waals surface area contributed by atoms with Crippen molar-refractivity contribution in [3.8, 4) is 11.3 Å². The van der Waals surface area contributed by atoms with Gasteiger partial charge in [-0.1, -0.05) is 19.9 Å². The summed E-state index contributed by atoms with van der Waals surface area (Å²) < 4.78 is 19.9. The number of benzene rings is 1. The summed E-state index contributed by atoms with van der Waals surface area (Å²) in [5.74, 6) is 0.651. The highest BCUT2D eigenvalue weighted by molar-refractivity contribution is 9.10. The topological polar surface area (TPSA) is 38.1 Å². The summed E-state index contributed by atoms with van der Waals surface area (Å²) in [7, 11) is 0. The third-order valence-corrected chi connectivity index (χ3v) is 3.09. The van der Waals surface area contributed by atoms with Crippen LogP contribution in [0.25, 0.3) is 11.3 Å². The number of rotatable bonds is 4. The predicted octanol–water partition coefficient (Wildman–Crippen LogP) is 3.74. The molecule has 0 amide bonds. The number of hydrogen-bond donors (Lipinski definition) is 1. The molecule has 0 aliphatic carbocycles. The minimum atomic E-state index is -0.330. The van der Waals surface area contributed by atoms with Gasteiger partial charge in [0, 0.05) is 10.5 Å². The second-order valence-corrected chi connectivity index (χ2v) is 5.10. The van der Waals surface area contributed by atoms with Crippen molar-refractivity contribution in [3.63, 3.8) is 0 Å². The van der Waals surface area contributed by atoms with Gasteiger partial charge in [0.25, 0.3) is 0 Å². The molecule has 0 spiro atoms. The third kappa shape index (κ3) is 2.97. The Hall–Kier alpha value is -1.20. The normalized spacial score (nSPS) is 11.2. The standard InChI is InChI=1S/C13H14BrFN2O/c1-8(2)16-7-12-17-6-11(18-12)13-9(14)4-3-5-10(13)15/h3-6,8,16H,7H2,1-2H3. The van der Waals surface area contributed by atoms with Crippen LogP contribution in [0.15, 0.2) is 33.3 Å². The van der Waals surface area contributed by atoms with Crippen molar-refractivity contribution in [2.45, 2.75) is 26.4 Å². The van der Waals surface area contributed by atoms with E-state index in [1.807, 2.05) is 13.8 Å².